The molecule has 0 radical (unpaired) electrons. The van der Waals surface area contributed by atoms with Crippen LogP contribution in [0.15, 0.2) is 24.3 Å². The van der Waals surface area contributed by atoms with Crippen LogP contribution in [0.2, 0.25) is 5.15 Å². The molecular formula is C15H17ClN2O. The molecule has 0 spiro atoms. The summed E-state index contributed by atoms with van der Waals surface area (Å²) >= 11 is 6.21. The van der Waals surface area contributed by atoms with Crippen molar-refractivity contribution in [3.8, 4) is 0 Å². The molecule has 0 bridgehead atoms. The van der Waals surface area contributed by atoms with E-state index in [9.17, 15) is 5.11 Å². The van der Waals surface area contributed by atoms with Crippen molar-refractivity contribution in [1.82, 2.24) is 9.78 Å². The molecule has 3 nitrogen and oxygen atoms in total. The lowest BCUT2D eigenvalue weighted by Crippen LogP contribution is -2.30. The maximum absolute atomic E-state index is 10.4. The molecule has 1 aliphatic carbocycles. The fraction of sp³-hybridized carbons (Fsp3) is 0.400. The van der Waals surface area contributed by atoms with E-state index >= 15 is 0 Å². The minimum Gasteiger partial charge on any atom is -0.392 e. The predicted octanol–water partition coefficient (Wildman–Crippen LogP) is 2.63. The summed E-state index contributed by atoms with van der Waals surface area (Å²) in [6, 6.07) is 8.30. The second-order valence-electron chi connectivity index (χ2n) is 5.26. The molecule has 1 aromatic heterocycles. The summed E-state index contributed by atoms with van der Waals surface area (Å²) in [6.45, 7) is 1.93. The quantitative estimate of drug-likeness (QED) is 0.936. The van der Waals surface area contributed by atoms with Crippen molar-refractivity contribution in [1.29, 1.82) is 0 Å². The molecule has 2 aromatic rings. The van der Waals surface area contributed by atoms with Gasteiger partial charge in [0.15, 0.2) is 0 Å². The lowest BCUT2D eigenvalue weighted by atomic mass is 9.73. The van der Waals surface area contributed by atoms with Crippen LogP contribution in [-0.4, -0.2) is 21.0 Å². The molecule has 4 heteroatoms. The van der Waals surface area contributed by atoms with Crippen LogP contribution in [-0.2, 0) is 19.9 Å². The molecule has 0 saturated carbocycles. The number of aryl methyl sites for hydroxylation is 2. The van der Waals surface area contributed by atoms with Gasteiger partial charge in [-0.15, -0.1) is 0 Å². The van der Waals surface area contributed by atoms with E-state index in [1.165, 1.54) is 11.1 Å². The fourth-order valence-electron chi connectivity index (χ4n) is 2.90. The Morgan fingerprint density at radius 1 is 1.47 bits per heavy atom. The molecule has 0 aliphatic heterocycles. The van der Waals surface area contributed by atoms with Gasteiger partial charge in [0.2, 0.25) is 0 Å². The van der Waals surface area contributed by atoms with E-state index in [-0.39, 0.29) is 5.92 Å². The maximum atomic E-state index is 10.4. The van der Waals surface area contributed by atoms with Crippen molar-refractivity contribution < 1.29 is 5.11 Å². The highest BCUT2D eigenvalue weighted by Crippen LogP contribution is 2.38. The minimum atomic E-state index is -0.393. The smallest absolute Gasteiger partial charge is 0.130 e. The monoisotopic (exact) mass is 276 g/mol. The molecule has 0 amide bonds. The molecule has 2 unspecified atom stereocenters. The summed E-state index contributed by atoms with van der Waals surface area (Å²) in [7, 11) is 1.82. The van der Waals surface area contributed by atoms with Crippen molar-refractivity contribution in [3.63, 3.8) is 0 Å². The number of fused-ring (bicyclic) bond motifs is 1. The van der Waals surface area contributed by atoms with Crippen molar-refractivity contribution in [3.05, 3.63) is 51.8 Å². The number of aliphatic hydroxyl groups is 1. The first-order valence-electron chi connectivity index (χ1n) is 6.51. The van der Waals surface area contributed by atoms with Gasteiger partial charge in [-0.05, 0) is 24.5 Å². The Morgan fingerprint density at radius 3 is 2.84 bits per heavy atom. The number of halogens is 1. The van der Waals surface area contributed by atoms with E-state index in [1.807, 2.05) is 26.1 Å². The molecule has 1 aliphatic rings. The summed E-state index contributed by atoms with van der Waals surface area (Å²) in [4.78, 5) is 0. The number of rotatable bonds is 3. The largest absolute Gasteiger partial charge is 0.392 e. The fourth-order valence-corrected chi connectivity index (χ4v) is 3.15. The minimum absolute atomic E-state index is 0.229. The number of benzene rings is 1. The molecule has 100 valence electrons. The third kappa shape index (κ3) is 2.07. The SMILES string of the molecule is Cc1nn(C)c(Cl)c1CC(O)C1Cc2ccccc21. The molecule has 1 N–H and O–H groups in total. The van der Waals surface area contributed by atoms with Gasteiger partial charge in [-0.2, -0.15) is 5.10 Å². The maximum Gasteiger partial charge on any atom is 0.130 e. The summed E-state index contributed by atoms with van der Waals surface area (Å²) in [5.41, 5.74) is 4.48. The molecule has 1 heterocycles. The Kier molecular flexibility index (Phi) is 3.11. The normalized spacial score (nSPS) is 18.8. The van der Waals surface area contributed by atoms with E-state index in [2.05, 4.69) is 17.2 Å². The highest BCUT2D eigenvalue weighted by molar-refractivity contribution is 6.30. The van der Waals surface area contributed by atoms with Crippen LogP contribution in [0.25, 0.3) is 0 Å². The average molecular weight is 277 g/mol. The zero-order chi connectivity index (χ0) is 13.6. The zero-order valence-corrected chi connectivity index (χ0v) is 11.9. The van der Waals surface area contributed by atoms with Crippen LogP contribution in [0.1, 0.15) is 28.3 Å². The summed E-state index contributed by atoms with van der Waals surface area (Å²) in [5, 5.41) is 15.3. The van der Waals surface area contributed by atoms with E-state index < -0.39 is 6.10 Å². The van der Waals surface area contributed by atoms with E-state index in [4.69, 9.17) is 11.6 Å². The van der Waals surface area contributed by atoms with Crippen molar-refractivity contribution in [2.75, 3.05) is 0 Å². The van der Waals surface area contributed by atoms with Gasteiger partial charge >= 0.3 is 0 Å². The molecule has 0 saturated heterocycles. The van der Waals surface area contributed by atoms with Gasteiger partial charge < -0.3 is 5.11 Å². The van der Waals surface area contributed by atoms with Gasteiger partial charge in [-0.3, -0.25) is 4.68 Å². The predicted molar refractivity (Wildman–Crippen MR) is 75.6 cm³/mol. The number of hydrogen-bond donors (Lipinski definition) is 1. The van der Waals surface area contributed by atoms with E-state index in [1.54, 1.807) is 4.68 Å². The second kappa shape index (κ2) is 4.66. The van der Waals surface area contributed by atoms with Gasteiger partial charge in [-0.1, -0.05) is 35.9 Å². The topological polar surface area (TPSA) is 38.0 Å². The highest BCUT2D eigenvalue weighted by atomic mass is 35.5. The van der Waals surface area contributed by atoms with Crippen molar-refractivity contribution >= 4 is 11.6 Å². The summed E-state index contributed by atoms with van der Waals surface area (Å²) in [6.07, 6.45) is 1.13. The first-order valence-corrected chi connectivity index (χ1v) is 6.89. The van der Waals surface area contributed by atoms with Gasteiger partial charge in [0.1, 0.15) is 5.15 Å². The third-order valence-corrected chi connectivity index (χ3v) is 4.51. The number of hydrogen-bond acceptors (Lipinski definition) is 2. The highest BCUT2D eigenvalue weighted by Gasteiger charge is 2.32. The lowest BCUT2D eigenvalue weighted by Gasteiger charge is -2.33. The first kappa shape index (κ1) is 12.7. The number of aliphatic hydroxyl groups excluding tert-OH is 1. The van der Waals surface area contributed by atoms with Crippen LogP contribution in [0.3, 0.4) is 0 Å². The van der Waals surface area contributed by atoms with E-state index in [0.717, 1.165) is 17.7 Å². The number of aromatic nitrogens is 2. The van der Waals surface area contributed by atoms with Gasteiger partial charge in [0.25, 0.3) is 0 Å². The summed E-state index contributed by atoms with van der Waals surface area (Å²) in [5.74, 6) is 0.229. The molecule has 2 atom stereocenters. The molecule has 3 rings (SSSR count). The molecular weight excluding hydrogens is 260 g/mol. The second-order valence-corrected chi connectivity index (χ2v) is 5.62. The standard InChI is InChI=1S/C15H17ClN2O/c1-9-12(15(16)18(2)17-9)8-14(19)13-7-10-5-3-4-6-11(10)13/h3-6,13-14,19H,7-8H2,1-2H3. The van der Waals surface area contributed by atoms with Crippen molar-refractivity contribution in [2.45, 2.75) is 31.8 Å². The summed E-state index contributed by atoms with van der Waals surface area (Å²) < 4.78 is 1.66. The Hall–Kier alpha value is -1.32. The Morgan fingerprint density at radius 2 is 2.21 bits per heavy atom. The third-order valence-electron chi connectivity index (χ3n) is 4.04. The van der Waals surface area contributed by atoms with Gasteiger partial charge in [-0.25, -0.2) is 0 Å². The molecule has 0 fully saturated rings. The first-order chi connectivity index (χ1) is 9.08. The Labute approximate surface area is 117 Å². The van der Waals surface area contributed by atoms with Gasteiger partial charge in [0.05, 0.1) is 11.8 Å². The average Bonchev–Trinajstić information content (AvgIpc) is 2.58. The van der Waals surface area contributed by atoms with E-state index in [0.29, 0.717) is 11.6 Å². The lowest BCUT2D eigenvalue weighted by molar-refractivity contribution is 0.133. The number of nitrogens with zero attached hydrogens (tertiary/aromatic N) is 2. The van der Waals surface area contributed by atoms with Crippen LogP contribution < -0.4 is 0 Å². The van der Waals surface area contributed by atoms with Crippen molar-refractivity contribution in [2.24, 2.45) is 7.05 Å². The van der Waals surface area contributed by atoms with Crippen LogP contribution in [0, 0.1) is 6.92 Å². The van der Waals surface area contributed by atoms with Crippen LogP contribution in [0.4, 0.5) is 0 Å². The molecule has 19 heavy (non-hydrogen) atoms. The zero-order valence-electron chi connectivity index (χ0n) is 11.1. The Bertz CT molecular complexity index is 621. The van der Waals surface area contributed by atoms with Gasteiger partial charge in [0, 0.05) is 24.9 Å². The Balaban J connectivity index is 1.78. The molecule has 1 aromatic carbocycles. The van der Waals surface area contributed by atoms with Crippen LogP contribution >= 0.6 is 11.6 Å². The van der Waals surface area contributed by atoms with Crippen LogP contribution in [0.5, 0.6) is 0 Å².